The molecule has 0 saturated carbocycles. The van der Waals surface area contributed by atoms with Crippen molar-refractivity contribution in [3.05, 3.63) is 29.8 Å². The molecule has 0 aliphatic carbocycles. The lowest BCUT2D eigenvalue weighted by Gasteiger charge is -2.38. The zero-order chi connectivity index (χ0) is 17.9. The molecule has 3 aliphatic rings. The van der Waals surface area contributed by atoms with Crippen LogP contribution in [0.5, 0.6) is 5.75 Å². The number of likely N-dealkylation sites (tertiary alicyclic amines) is 1. The third-order valence-corrected chi connectivity index (χ3v) is 6.07. The van der Waals surface area contributed by atoms with Crippen LogP contribution in [0.15, 0.2) is 24.3 Å². The summed E-state index contributed by atoms with van der Waals surface area (Å²) in [6.45, 7) is 8.20. The molecule has 4 rings (SSSR count). The highest BCUT2D eigenvalue weighted by atomic mass is 16.5. The number of rotatable bonds is 3. The fourth-order valence-electron chi connectivity index (χ4n) is 4.58. The van der Waals surface area contributed by atoms with E-state index in [4.69, 9.17) is 9.47 Å². The molecule has 3 aliphatic heterocycles. The van der Waals surface area contributed by atoms with Crippen LogP contribution in [0.2, 0.25) is 0 Å². The van der Waals surface area contributed by atoms with Gasteiger partial charge in [0.25, 0.3) is 0 Å². The van der Waals surface area contributed by atoms with Crippen LogP contribution in [0.3, 0.4) is 0 Å². The lowest BCUT2D eigenvalue weighted by Crippen LogP contribution is -2.47. The zero-order valence-corrected chi connectivity index (χ0v) is 15.7. The van der Waals surface area contributed by atoms with E-state index in [1.54, 1.807) is 6.92 Å². The number of piperidine rings is 1. The predicted octanol–water partition coefficient (Wildman–Crippen LogP) is 2.54. The quantitative estimate of drug-likeness (QED) is 0.833. The van der Waals surface area contributed by atoms with E-state index in [1.165, 1.54) is 25.8 Å². The molecule has 142 valence electrons. The minimum atomic E-state index is 0.0742. The van der Waals surface area contributed by atoms with Gasteiger partial charge in [-0.25, -0.2) is 0 Å². The summed E-state index contributed by atoms with van der Waals surface area (Å²) in [6.07, 6.45) is 3.65. The van der Waals surface area contributed by atoms with E-state index in [9.17, 15) is 4.79 Å². The van der Waals surface area contributed by atoms with E-state index in [0.717, 1.165) is 37.6 Å². The fourth-order valence-corrected chi connectivity index (χ4v) is 4.58. The molecule has 3 heterocycles. The Kier molecular flexibility index (Phi) is 5.46. The fraction of sp³-hybridized carbons (Fsp3) is 0.667. The summed E-state index contributed by atoms with van der Waals surface area (Å²) in [5.41, 5.74) is 1.11. The molecule has 5 nitrogen and oxygen atoms in total. The summed E-state index contributed by atoms with van der Waals surface area (Å²) in [5, 5.41) is 0. The smallest absolute Gasteiger partial charge is 0.219 e. The number of benzene rings is 1. The minimum absolute atomic E-state index is 0.0742. The lowest BCUT2D eigenvalue weighted by atomic mass is 9.91. The van der Waals surface area contributed by atoms with Gasteiger partial charge >= 0.3 is 0 Å². The van der Waals surface area contributed by atoms with Crippen LogP contribution in [0.4, 0.5) is 0 Å². The van der Waals surface area contributed by atoms with Gasteiger partial charge in [-0.2, -0.15) is 0 Å². The average molecular weight is 358 g/mol. The van der Waals surface area contributed by atoms with Gasteiger partial charge in [0.05, 0.1) is 13.2 Å². The van der Waals surface area contributed by atoms with Gasteiger partial charge in [-0.15, -0.1) is 0 Å². The maximum Gasteiger partial charge on any atom is 0.219 e. The Morgan fingerprint density at radius 1 is 1.23 bits per heavy atom. The summed E-state index contributed by atoms with van der Waals surface area (Å²) in [6, 6.07) is 8.16. The van der Waals surface area contributed by atoms with Gasteiger partial charge in [0.1, 0.15) is 11.9 Å². The molecular formula is C21H30N2O3. The van der Waals surface area contributed by atoms with E-state index in [-0.39, 0.29) is 12.0 Å². The Hall–Kier alpha value is -1.59. The second-order valence-corrected chi connectivity index (χ2v) is 8.06. The van der Waals surface area contributed by atoms with E-state index in [2.05, 4.69) is 11.0 Å². The normalized spacial score (nSPS) is 29.7. The van der Waals surface area contributed by atoms with Gasteiger partial charge in [-0.05, 0) is 37.8 Å². The number of ether oxygens (including phenoxy) is 2. The van der Waals surface area contributed by atoms with Crippen LogP contribution >= 0.6 is 0 Å². The molecule has 1 aromatic carbocycles. The maximum atomic E-state index is 12.1. The van der Waals surface area contributed by atoms with Crippen molar-refractivity contribution >= 4 is 5.91 Å². The molecule has 3 atom stereocenters. The molecule has 26 heavy (non-hydrogen) atoms. The van der Waals surface area contributed by atoms with Gasteiger partial charge < -0.3 is 19.3 Å². The summed E-state index contributed by atoms with van der Waals surface area (Å²) in [4.78, 5) is 16.7. The first-order chi connectivity index (χ1) is 12.7. The Bertz CT molecular complexity index is 629. The highest BCUT2D eigenvalue weighted by Crippen LogP contribution is 2.31. The number of carbonyl (C=O) groups is 1. The van der Waals surface area contributed by atoms with E-state index in [0.29, 0.717) is 24.9 Å². The summed E-state index contributed by atoms with van der Waals surface area (Å²) in [5.74, 6) is 2.23. The van der Waals surface area contributed by atoms with Gasteiger partial charge in [0.15, 0.2) is 0 Å². The zero-order valence-electron chi connectivity index (χ0n) is 15.7. The molecule has 1 amide bonds. The number of amides is 1. The van der Waals surface area contributed by atoms with Crippen molar-refractivity contribution in [2.75, 3.05) is 39.4 Å². The third kappa shape index (κ3) is 4.04. The first kappa shape index (κ1) is 17.8. The van der Waals surface area contributed by atoms with Crippen molar-refractivity contribution in [2.24, 2.45) is 11.8 Å². The minimum Gasteiger partial charge on any atom is -0.488 e. The molecule has 0 bridgehead atoms. The number of carbonyl (C=O) groups excluding carboxylic acids is 1. The summed E-state index contributed by atoms with van der Waals surface area (Å²) in [7, 11) is 0. The summed E-state index contributed by atoms with van der Waals surface area (Å²) < 4.78 is 12.0. The molecule has 3 unspecified atom stereocenters. The van der Waals surface area contributed by atoms with Crippen molar-refractivity contribution in [3.8, 4) is 5.75 Å². The Balaban J connectivity index is 1.47. The molecule has 0 N–H and O–H groups in total. The third-order valence-electron chi connectivity index (χ3n) is 6.07. The van der Waals surface area contributed by atoms with Gasteiger partial charge in [-0.1, -0.05) is 18.2 Å². The Morgan fingerprint density at radius 3 is 2.92 bits per heavy atom. The SMILES string of the molecule is CC(=O)N1Cc2ccccc2OC(C2CCCN(CC3CCOC3)C2)C1. The number of hydrogen-bond acceptors (Lipinski definition) is 4. The van der Waals surface area contributed by atoms with Crippen molar-refractivity contribution < 1.29 is 14.3 Å². The van der Waals surface area contributed by atoms with Crippen LogP contribution in [0, 0.1) is 11.8 Å². The second kappa shape index (κ2) is 7.97. The molecule has 0 spiro atoms. The molecule has 5 heteroatoms. The van der Waals surface area contributed by atoms with Crippen molar-refractivity contribution in [1.82, 2.24) is 9.80 Å². The maximum absolute atomic E-state index is 12.1. The van der Waals surface area contributed by atoms with Crippen LogP contribution in [-0.2, 0) is 16.1 Å². The van der Waals surface area contributed by atoms with Gasteiger partial charge in [0, 0.05) is 44.6 Å². The number of fused-ring (bicyclic) bond motifs is 1. The predicted molar refractivity (Wildman–Crippen MR) is 100 cm³/mol. The Labute approximate surface area is 156 Å². The first-order valence-corrected chi connectivity index (χ1v) is 9.99. The van der Waals surface area contributed by atoms with E-state index < -0.39 is 0 Å². The van der Waals surface area contributed by atoms with Crippen LogP contribution in [0.25, 0.3) is 0 Å². The van der Waals surface area contributed by atoms with E-state index >= 15 is 0 Å². The summed E-state index contributed by atoms with van der Waals surface area (Å²) >= 11 is 0. The molecule has 1 aromatic rings. The van der Waals surface area contributed by atoms with Crippen LogP contribution in [0.1, 0.15) is 31.7 Å². The monoisotopic (exact) mass is 358 g/mol. The molecule has 2 fully saturated rings. The Morgan fingerprint density at radius 2 is 2.12 bits per heavy atom. The van der Waals surface area contributed by atoms with Gasteiger partial charge in [0.2, 0.25) is 5.91 Å². The second-order valence-electron chi connectivity index (χ2n) is 8.06. The molecule has 0 aromatic heterocycles. The first-order valence-electron chi connectivity index (χ1n) is 9.99. The number of hydrogen-bond donors (Lipinski definition) is 0. The van der Waals surface area contributed by atoms with Gasteiger partial charge in [-0.3, -0.25) is 4.79 Å². The van der Waals surface area contributed by atoms with Crippen LogP contribution < -0.4 is 4.74 Å². The standard InChI is InChI=1S/C21H30N2O3/c1-16(24)23-13-19-5-2-3-7-20(19)26-21(14-23)18-6-4-9-22(12-18)11-17-8-10-25-15-17/h2-3,5,7,17-18,21H,4,6,8-15H2,1H3. The number of nitrogens with zero attached hydrogens (tertiary/aromatic N) is 2. The molecule has 0 radical (unpaired) electrons. The number of para-hydroxylation sites is 1. The highest BCUT2D eigenvalue weighted by Gasteiger charge is 2.34. The highest BCUT2D eigenvalue weighted by molar-refractivity contribution is 5.73. The van der Waals surface area contributed by atoms with Crippen molar-refractivity contribution in [2.45, 2.75) is 38.8 Å². The van der Waals surface area contributed by atoms with Crippen molar-refractivity contribution in [3.63, 3.8) is 0 Å². The lowest BCUT2D eigenvalue weighted by molar-refractivity contribution is -0.130. The molecular weight excluding hydrogens is 328 g/mol. The average Bonchev–Trinajstić information content (AvgIpc) is 3.06. The molecule has 2 saturated heterocycles. The topological polar surface area (TPSA) is 42.0 Å². The van der Waals surface area contributed by atoms with E-state index in [1.807, 2.05) is 23.1 Å². The van der Waals surface area contributed by atoms with Crippen LogP contribution in [-0.4, -0.2) is 61.2 Å². The van der Waals surface area contributed by atoms with Crippen molar-refractivity contribution in [1.29, 1.82) is 0 Å². The largest absolute Gasteiger partial charge is 0.488 e.